The quantitative estimate of drug-likeness (QED) is 0.140. The number of amides is 2. The summed E-state index contributed by atoms with van der Waals surface area (Å²) >= 11 is 0.890. The van der Waals surface area contributed by atoms with Crippen LogP contribution in [0.15, 0.2) is 64.0 Å². The normalized spacial score (nSPS) is 17.1. The van der Waals surface area contributed by atoms with Crippen molar-refractivity contribution in [2.24, 2.45) is 0 Å². The van der Waals surface area contributed by atoms with E-state index in [0.717, 1.165) is 11.1 Å². The van der Waals surface area contributed by atoms with Crippen molar-refractivity contribution >= 4 is 83.9 Å². The molecule has 4 heterocycles. The van der Waals surface area contributed by atoms with E-state index < -0.39 is 99.6 Å². The first-order valence-corrected chi connectivity index (χ1v) is 21.4. The summed E-state index contributed by atoms with van der Waals surface area (Å²) in [5.41, 5.74) is 0.441. The van der Waals surface area contributed by atoms with E-state index in [4.69, 9.17) is 14.6 Å². The van der Waals surface area contributed by atoms with Crippen LogP contribution < -0.4 is 30.0 Å². The van der Waals surface area contributed by atoms with Gasteiger partial charge in [0.25, 0.3) is 31.4 Å². The van der Waals surface area contributed by atoms with Crippen LogP contribution in [0.2, 0.25) is 0 Å². The van der Waals surface area contributed by atoms with Crippen LogP contribution in [-0.4, -0.2) is 93.0 Å². The Morgan fingerprint density at radius 3 is 2.07 bits per heavy atom. The summed E-state index contributed by atoms with van der Waals surface area (Å²) in [5.74, 6) is -6.97. The molecule has 0 unspecified atom stereocenters. The third-order valence-corrected chi connectivity index (χ3v) is 12.5. The van der Waals surface area contributed by atoms with Gasteiger partial charge in [0.15, 0.2) is 11.6 Å². The van der Waals surface area contributed by atoms with Crippen LogP contribution in [0.3, 0.4) is 0 Å². The smallest absolute Gasteiger partial charge is 0.423 e. The molecule has 1 fully saturated rings. The molecule has 24 heteroatoms. The number of hydrogen-bond acceptors (Lipinski definition) is 15. The molecule has 2 aromatic carbocycles. The molecule has 0 atom stereocenters. The van der Waals surface area contributed by atoms with Gasteiger partial charge in [0.05, 0.1) is 11.4 Å². The number of ether oxygens (including phenoxy) is 2. The minimum Gasteiger partial charge on any atom is -0.480 e. The molecule has 2 amide bonds. The Labute approximate surface area is 333 Å². The van der Waals surface area contributed by atoms with Gasteiger partial charge in [-0.2, -0.15) is 16.8 Å². The van der Waals surface area contributed by atoms with E-state index in [0.29, 0.717) is 48.8 Å². The number of nitrogens with zero attached hydrogens (tertiary/aromatic N) is 4. The van der Waals surface area contributed by atoms with Crippen LogP contribution in [0.4, 0.5) is 10.5 Å². The second kappa shape index (κ2) is 15.8. The lowest BCUT2D eigenvalue weighted by atomic mass is 10.1. The minimum absolute atomic E-state index is 0.00101. The Morgan fingerprint density at radius 2 is 1.45 bits per heavy atom. The molecule has 20 nitrogen and oxygen atoms in total. The van der Waals surface area contributed by atoms with Gasteiger partial charge in [-0.05, 0) is 49.1 Å². The van der Waals surface area contributed by atoms with Crippen LogP contribution in [0.25, 0.3) is 11.3 Å². The van der Waals surface area contributed by atoms with E-state index in [1.807, 2.05) is 13.8 Å². The number of fused-ring (bicyclic) bond motifs is 1. The molecule has 1 saturated heterocycles. The van der Waals surface area contributed by atoms with Gasteiger partial charge in [-0.25, -0.2) is 9.69 Å². The minimum atomic E-state index is -5.04. The molecule has 0 aliphatic carbocycles. The van der Waals surface area contributed by atoms with Crippen molar-refractivity contribution in [3.05, 3.63) is 110 Å². The van der Waals surface area contributed by atoms with Gasteiger partial charge in [0, 0.05) is 18.2 Å². The molecule has 0 saturated carbocycles. The zero-order valence-electron chi connectivity index (χ0n) is 30.0. The van der Waals surface area contributed by atoms with E-state index in [2.05, 4.69) is 0 Å². The fraction of sp³-hybridized carbons (Fsp3) is 0.235. The van der Waals surface area contributed by atoms with Crippen molar-refractivity contribution < 1.29 is 64.8 Å². The molecule has 4 aromatic rings. The Kier molecular flexibility index (Phi) is 11.4. The number of thiazole rings is 2. The topological polar surface area (TPSA) is 286 Å². The fourth-order valence-electron chi connectivity index (χ4n) is 5.94. The van der Waals surface area contributed by atoms with E-state index >= 15 is 0 Å². The number of carbonyl (C=O) groups is 4. The van der Waals surface area contributed by atoms with E-state index in [-0.39, 0.29) is 33.9 Å². The number of aliphatic carboxylic acids is 2. The number of aryl methyl sites for hydroxylation is 2. The first-order chi connectivity index (χ1) is 27.1. The average molecular weight is 879 g/mol. The molecule has 306 valence electrons. The monoisotopic (exact) mass is 878 g/mol. The number of carboxylic acid groups (broad SMARTS) is 2. The number of allylic oxidation sites excluding steroid dienone is 1. The van der Waals surface area contributed by atoms with Crippen LogP contribution in [0.5, 0.6) is 5.75 Å². The molecule has 2 aliphatic heterocycles. The number of rotatable bonds is 12. The Morgan fingerprint density at radius 1 is 0.793 bits per heavy atom. The van der Waals surface area contributed by atoms with Crippen molar-refractivity contribution in [3.8, 4) is 5.75 Å². The maximum atomic E-state index is 14.4. The maximum absolute atomic E-state index is 14.4. The fourth-order valence-corrected chi connectivity index (χ4v) is 9.52. The maximum Gasteiger partial charge on any atom is 0.423 e. The van der Waals surface area contributed by atoms with E-state index in [1.54, 1.807) is 47.4 Å². The Hall–Kier alpha value is -5.92. The van der Waals surface area contributed by atoms with Crippen molar-refractivity contribution in [2.75, 3.05) is 23.7 Å². The molecule has 4 N–H and O–H groups in total. The molecular weight excluding hydrogens is 849 g/mol. The van der Waals surface area contributed by atoms with Crippen molar-refractivity contribution in [3.63, 3.8) is 0 Å². The van der Waals surface area contributed by atoms with Crippen molar-refractivity contribution in [1.82, 2.24) is 14.0 Å². The molecule has 2 aromatic heterocycles. The largest absolute Gasteiger partial charge is 0.480 e. The first-order valence-electron chi connectivity index (χ1n) is 16.6. The zero-order chi connectivity index (χ0) is 42.4. The zero-order valence-corrected chi connectivity index (χ0v) is 33.2. The predicted molar refractivity (Wildman–Crippen MR) is 204 cm³/mol. The van der Waals surface area contributed by atoms with Crippen LogP contribution >= 0.6 is 22.7 Å². The summed E-state index contributed by atoms with van der Waals surface area (Å²) in [6, 6.07) is 11.7. The SMILES string of the molecule is Cc1cc2c(cc1C)N(CCCS(=O)(=O)O)C(=C/C(c1ccccc1)=c1/s/c(=c3/s/c(=C4/OC(=O)N(CC(=O)O)C4=O)n(CC(=O)O)c3=O)n(CS(=O)(=O)O)c1=O)O2. The third-order valence-electron chi connectivity index (χ3n) is 8.61. The highest BCUT2D eigenvalue weighted by molar-refractivity contribution is 7.85. The summed E-state index contributed by atoms with van der Waals surface area (Å²) in [6.07, 6.45) is -0.0726. The van der Waals surface area contributed by atoms with Crippen molar-refractivity contribution in [1.29, 1.82) is 0 Å². The van der Waals surface area contributed by atoms with Gasteiger partial charge < -0.3 is 24.6 Å². The van der Waals surface area contributed by atoms with Gasteiger partial charge >= 0.3 is 23.9 Å². The molecular formula is C34H30N4O16S4. The number of hydrogen-bond donors (Lipinski definition) is 4. The lowest BCUT2D eigenvalue weighted by molar-refractivity contribution is -0.140. The number of imide groups is 1. The second-order valence-electron chi connectivity index (χ2n) is 12.7. The summed E-state index contributed by atoms with van der Waals surface area (Å²) in [5, 5.41) is 18.8. The summed E-state index contributed by atoms with van der Waals surface area (Å²) in [7, 11) is -9.39. The van der Waals surface area contributed by atoms with Gasteiger partial charge in [-0.1, -0.05) is 30.3 Å². The molecule has 58 heavy (non-hydrogen) atoms. The lowest BCUT2D eigenvalue weighted by Crippen LogP contribution is -2.35. The highest BCUT2D eigenvalue weighted by Gasteiger charge is 2.40. The molecule has 0 spiro atoms. The van der Waals surface area contributed by atoms with E-state index in [1.165, 1.54) is 6.08 Å². The van der Waals surface area contributed by atoms with Gasteiger partial charge in [0.1, 0.15) is 31.5 Å². The number of carbonyl (C=O) groups excluding carboxylic acids is 2. The third kappa shape index (κ3) is 8.65. The molecule has 0 bridgehead atoms. The van der Waals surface area contributed by atoms with Crippen LogP contribution in [0.1, 0.15) is 23.1 Å². The average Bonchev–Trinajstić information content (AvgIpc) is 3.80. The molecule has 2 aliphatic rings. The number of benzene rings is 2. The highest BCUT2D eigenvalue weighted by Crippen LogP contribution is 2.41. The van der Waals surface area contributed by atoms with Crippen LogP contribution in [-0.2, 0) is 51.8 Å². The summed E-state index contributed by atoms with van der Waals surface area (Å²) < 4.78 is 77.8. The number of aromatic nitrogens is 2. The van der Waals surface area contributed by atoms with Gasteiger partial charge in [-0.3, -0.25) is 42.2 Å². The first kappa shape index (κ1) is 41.7. The standard InChI is InChI=1S/C34H30N4O16S4/c1-17-11-21-22(12-18(17)2)53-23(35(21)9-6-10-57(47,48)49)13-20(19-7-4-3-5-8-19)27-30(44)38(16-58(50,51)52)33(55-27)28-31(45)36(14-24(39)40)32(56-28)26-29(43)37(15-25(41)42)34(46)54-26/h3-5,7-8,11-13H,6,9-10,14-16H2,1-2H3,(H,39,40)(H,41,42)(H,47,48,49)(H,50,51,52)/b23-13?,27-20-,32-26+,33-28+. The summed E-state index contributed by atoms with van der Waals surface area (Å²) in [4.78, 5) is 78.9. The highest BCUT2D eigenvalue weighted by atomic mass is 32.2. The lowest BCUT2D eigenvalue weighted by Gasteiger charge is -2.19. The Balaban J connectivity index is 1.72. The summed E-state index contributed by atoms with van der Waals surface area (Å²) in [6.45, 7) is 1.42. The number of cyclic esters (lactones) is 1. The predicted octanol–water partition coefficient (Wildman–Crippen LogP) is 0.356. The number of anilines is 1. The molecule has 0 radical (unpaired) electrons. The van der Waals surface area contributed by atoms with Crippen LogP contribution in [0, 0.1) is 23.0 Å². The second-order valence-corrected chi connectivity index (χ2v) is 17.7. The van der Waals surface area contributed by atoms with Gasteiger partial charge in [0.2, 0.25) is 11.6 Å². The Bertz CT molecular complexity index is 3040. The molecule has 6 rings (SSSR count). The number of carboxylic acids is 2. The van der Waals surface area contributed by atoms with Crippen molar-refractivity contribution in [2.45, 2.75) is 32.7 Å². The van der Waals surface area contributed by atoms with E-state index in [9.17, 15) is 59.8 Å². The van der Waals surface area contributed by atoms with Gasteiger partial charge in [-0.15, -0.1) is 22.7 Å².